The number of aromatic nitrogens is 1. The Morgan fingerprint density at radius 3 is 2.24 bits per heavy atom. The molecule has 7 heteroatoms. The molecule has 0 unspecified atom stereocenters. The van der Waals surface area contributed by atoms with Crippen molar-refractivity contribution in [2.24, 2.45) is 16.8 Å². The van der Waals surface area contributed by atoms with Gasteiger partial charge in [-0.3, -0.25) is 0 Å². The zero-order valence-electron chi connectivity index (χ0n) is 13.5. The lowest BCUT2D eigenvalue weighted by atomic mass is 9.98. The Balaban J connectivity index is 2.30. The van der Waals surface area contributed by atoms with Gasteiger partial charge in [-0.15, -0.1) is 0 Å². The minimum atomic E-state index is 0.330. The first kappa shape index (κ1) is 17.4. The summed E-state index contributed by atoms with van der Waals surface area (Å²) in [6.45, 7) is 2.01. The van der Waals surface area contributed by atoms with Gasteiger partial charge in [0.05, 0.1) is 5.69 Å². The van der Waals surface area contributed by atoms with Gasteiger partial charge in [-0.25, -0.2) is 5.84 Å². The van der Waals surface area contributed by atoms with Crippen molar-refractivity contribution in [3.05, 3.63) is 69.8 Å². The van der Waals surface area contributed by atoms with Crippen LogP contribution in [0.1, 0.15) is 11.3 Å². The van der Waals surface area contributed by atoms with Gasteiger partial charge in [-0.1, -0.05) is 53.5 Å². The fraction of sp³-hybridized carbons (Fsp3) is 0.0556. The van der Waals surface area contributed by atoms with Crippen molar-refractivity contribution in [1.82, 2.24) is 10.4 Å². The van der Waals surface area contributed by atoms with E-state index in [0.29, 0.717) is 21.6 Å². The zero-order valence-corrected chi connectivity index (χ0v) is 15.0. The Morgan fingerprint density at radius 2 is 1.68 bits per heavy atom. The van der Waals surface area contributed by atoms with Crippen LogP contribution in [0.2, 0.25) is 10.0 Å². The van der Waals surface area contributed by atoms with Gasteiger partial charge in [0.25, 0.3) is 0 Å². The maximum Gasteiger partial charge on any atom is 0.183 e. The molecule has 3 rings (SSSR count). The molecule has 0 aliphatic carbocycles. The van der Waals surface area contributed by atoms with E-state index in [-0.39, 0.29) is 0 Å². The van der Waals surface area contributed by atoms with Gasteiger partial charge in [-0.2, -0.15) is 5.10 Å². The molecule has 6 N–H and O–H groups in total. The number of halogens is 2. The van der Waals surface area contributed by atoms with Crippen LogP contribution >= 0.6 is 23.2 Å². The van der Waals surface area contributed by atoms with Crippen LogP contribution in [0.4, 0.5) is 0 Å². The number of H-pyrrole nitrogens is 1. The first-order valence-corrected chi connectivity index (χ1v) is 8.30. The lowest BCUT2D eigenvalue weighted by molar-refractivity contribution is 0.996. The van der Waals surface area contributed by atoms with E-state index < -0.39 is 0 Å². The second kappa shape index (κ2) is 7.19. The third kappa shape index (κ3) is 3.35. The number of amidine groups is 1. The van der Waals surface area contributed by atoms with Crippen LogP contribution in [0.5, 0.6) is 0 Å². The monoisotopic (exact) mass is 373 g/mol. The summed E-state index contributed by atoms with van der Waals surface area (Å²) in [5, 5.41) is 4.83. The maximum absolute atomic E-state index is 6.19. The van der Waals surface area contributed by atoms with Crippen molar-refractivity contribution in [3.8, 4) is 22.4 Å². The summed E-state index contributed by atoms with van der Waals surface area (Å²) >= 11 is 12.4. The molecule has 0 aliphatic rings. The molecule has 5 nitrogen and oxygen atoms in total. The van der Waals surface area contributed by atoms with Gasteiger partial charge in [-0.05, 0) is 41.8 Å². The van der Waals surface area contributed by atoms with Crippen molar-refractivity contribution in [2.75, 3.05) is 0 Å². The third-order valence-electron chi connectivity index (χ3n) is 3.97. The van der Waals surface area contributed by atoms with Gasteiger partial charge in [0, 0.05) is 21.3 Å². The number of nitrogens with zero attached hydrogens (tertiary/aromatic N) is 1. The molecule has 0 amide bonds. The maximum atomic E-state index is 6.19. The summed E-state index contributed by atoms with van der Waals surface area (Å²) in [5.74, 6) is 11.4. The summed E-state index contributed by atoms with van der Waals surface area (Å²) < 4.78 is 0. The number of nitrogens with two attached hydrogens (primary N) is 2. The lowest BCUT2D eigenvalue weighted by Gasteiger charge is -2.08. The molecule has 3 aromatic rings. The van der Waals surface area contributed by atoms with Crippen LogP contribution in [0, 0.1) is 6.92 Å². The van der Waals surface area contributed by atoms with E-state index >= 15 is 0 Å². The van der Waals surface area contributed by atoms with Crippen molar-refractivity contribution < 1.29 is 0 Å². The minimum absolute atomic E-state index is 0.330. The molecule has 0 fully saturated rings. The molecular weight excluding hydrogens is 357 g/mol. The molecule has 2 aromatic carbocycles. The quantitative estimate of drug-likeness (QED) is 0.241. The van der Waals surface area contributed by atoms with E-state index in [4.69, 9.17) is 34.9 Å². The summed E-state index contributed by atoms with van der Waals surface area (Å²) in [7, 11) is 0. The van der Waals surface area contributed by atoms with E-state index in [1.807, 2.05) is 49.4 Å². The standard InChI is InChI=1S/C18H17Cl2N5/c1-10-15(12-7-13(19)9-14(20)8-12)17(18(24-21)25-22)23-16(10)11-5-3-2-4-6-11/h2-9,23H,21-22H2,1H3,(H,24,25). The first-order chi connectivity index (χ1) is 12.0. The normalized spacial score (nSPS) is 11.6. The summed E-state index contributed by atoms with van der Waals surface area (Å²) in [5.41, 5.74) is 7.91. The Hall–Kier alpha value is -2.47. The first-order valence-electron chi connectivity index (χ1n) is 7.54. The fourth-order valence-corrected chi connectivity index (χ4v) is 3.42. The summed E-state index contributed by atoms with van der Waals surface area (Å²) in [6.07, 6.45) is 0. The predicted octanol–water partition coefficient (Wildman–Crippen LogP) is 4.05. The Labute approximate surface area is 155 Å². The lowest BCUT2D eigenvalue weighted by Crippen LogP contribution is -2.32. The number of nitrogens with one attached hydrogen (secondary N) is 2. The number of hydrazone groups is 1. The Morgan fingerprint density at radius 1 is 1.04 bits per heavy atom. The van der Waals surface area contributed by atoms with Gasteiger partial charge in [0.15, 0.2) is 5.84 Å². The Bertz CT molecular complexity index is 912. The topological polar surface area (TPSA) is 92.2 Å². The molecule has 0 radical (unpaired) electrons. The van der Waals surface area contributed by atoms with E-state index in [2.05, 4.69) is 15.5 Å². The molecule has 128 valence electrons. The van der Waals surface area contributed by atoms with Gasteiger partial charge in [0.1, 0.15) is 0 Å². The molecule has 0 aliphatic heterocycles. The third-order valence-corrected chi connectivity index (χ3v) is 4.40. The van der Waals surface area contributed by atoms with E-state index in [0.717, 1.165) is 27.9 Å². The van der Waals surface area contributed by atoms with Crippen LogP contribution in [-0.4, -0.2) is 10.8 Å². The predicted molar refractivity (Wildman–Crippen MR) is 104 cm³/mol. The molecule has 1 heterocycles. The largest absolute Gasteiger partial charge is 0.351 e. The molecule has 0 saturated heterocycles. The van der Waals surface area contributed by atoms with Crippen LogP contribution in [0.15, 0.2) is 53.6 Å². The van der Waals surface area contributed by atoms with Crippen molar-refractivity contribution >= 4 is 29.0 Å². The molecule has 0 bridgehead atoms. The molecule has 0 atom stereocenters. The van der Waals surface area contributed by atoms with E-state index in [1.54, 1.807) is 6.07 Å². The summed E-state index contributed by atoms with van der Waals surface area (Å²) in [4.78, 5) is 3.37. The second-order valence-corrected chi connectivity index (χ2v) is 6.39. The van der Waals surface area contributed by atoms with Crippen LogP contribution in [-0.2, 0) is 0 Å². The smallest absolute Gasteiger partial charge is 0.183 e. The molecule has 0 spiro atoms. The van der Waals surface area contributed by atoms with Crippen molar-refractivity contribution in [3.63, 3.8) is 0 Å². The van der Waals surface area contributed by atoms with Crippen molar-refractivity contribution in [2.45, 2.75) is 6.92 Å². The highest BCUT2D eigenvalue weighted by Crippen LogP contribution is 2.37. The molecule has 1 aromatic heterocycles. The van der Waals surface area contributed by atoms with E-state index in [9.17, 15) is 0 Å². The highest BCUT2D eigenvalue weighted by atomic mass is 35.5. The van der Waals surface area contributed by atoms with Crippen LogP contribution in [0.3, 0.4) is 0 Å². The molecule has 0 saturated carbocycles. The highest BCUT2D eigenvalue weighted by molar-refractivity contribution is 6.35. The SMILES string of the molecule is Cc1c(-c2ccccc2)[nH]c(/C(=N/N)NN)c1-c1cc(Cl)cc(Cl)c1. The van der Waals surface area contributed by atoms with Crippen LogP contribution in [0.25, 0.3) is 22.4 Å². The van der Waals surface area contributed by atoms with Gasteiger partial charge < -0.3 is 16.3 Å². The number of hydrogen-bond acceptors (Lipinski definition) is 3. The van der Waals surface area contributed by atoms with E-state index in [1.165, 1.54) is 0 Å². The van der Waals surface area contributed by atoms with Gasteiger partial charge in [0.2, 0.25) is 0 Å². The number of aromatic amines is 1. The number of benzene rings is 2. The van der Waals surface area contributed by atoms with Crippen LogP contribution < -0.4 is 17.1 Å². The second-order valence-electron chi connectivity index (χ2n) is 5.52. The minimum Gasteiger partial charge on any atom is -0.351 e. The fourth-order valence-electron chi connectivity index (χ4n) is 2.90. The molecular formula is C18H17Cl2N5. The number of hydrogen-bond donors (Lipinski definition) is 4. The zero-order chi connectivity index (χ0) is 18.0. The summed E-state index contributed by atoms with van der Waals surface area (Å²) in [6, 6.07) is 15.3. The van der Waals surface area contributed by atoms with Gasteiger partial charge >= 0.3 is 0 Å². The van der Waals surface area contributed by atoms with Crippen molar-refractivity contribution in [1.29, 1.82) is 0 Å². The average Bonchev–Trinajstić information content (AvgIpc) is 2.93. The number of rotatable bonds is 3. The Kier molecular flexibility index (Phi) is 4.99. The molecule has 25 heavy (non-hydrogen) atoms. The highest BCUT2D eigenvalue weighted by Gasteiger charge is 2.21. The average molecular weight is 374 g/mol. The number of hydrazine groups is 1.